The van der Waals surface area contributed by atoms with Crippen LogP contribution in [0.15, 0.2) is 12.3 Å². The van der Waals surface area contributed by atoms with Gasteiger partial charge in [0.15, 0.2) is 0 Å². The van der Waals surface area contributed by atoms with Crippen LogP contribution < -0.4 is 5.32 Å². The molecule has 0 saturated carbocycles. The van der Waals surface area contributed by atoms with Gasteiger partial charge in [-0.1, -0.05) is 0 Å². The Kier molecular flexibility index (Phi) is 3.89. The van der Waals surface area contributed by atoms with E-state index < -0.39 is 0 Å². The van der Waals surface area contributed by atoms with E-state index in [0.29, 0.717) is 13.0 Å². The first-order chi connectivity index (χ1) is 9.06. The van der Waals surface area contributed by atoms with Crippen LogP contribution in [0.25, 0.3) is 0 Å². The largest absolute Gasteiger partial charge is 0.352 e. The van der Waals surface area contributed by atoms with Crippen molar-refractivity contribution in [3.05, 3.63) is 40.7 Å². The van der Waals surface area contributed by atoms with Crippen LogP contribution in [-0.4, -0.2) is 26.1 Å². The summed E-state index contributed by atoms with van der Waals surface area (Å²) in [6.45, 7) is 6.17. The molecule has 0 radical (unpaired) electrons. The van der Waals surface area contributed by atoms with E-state index in [1.54, 1.807) is 12.3 Å². The summed E-state index contributed by atoms with van der Waals surface area (Å²) in [6.07, 6.45) is 1.93. The van der Waals surface area contributed by atoms with Gasteiger partial charge in [0.05, 0.1) is 6.42 Å². The van der Waals surface area contributed by atoms with E-state index in [9.17, 15) is 4.79 Å². The Morgan fingerprint density at radius 2 is 1.95 bits per heavy atom. The molecular formula is C13H17N5O. The highest BCUT2D eigenvalue weighted by molar-refractivity contribution is 5.78. The minimum absolute atomic E-state index is 0.0522. The number of carbonyl (C=O) groups is 1. The van der Waals surface area contributed by atoms with E-state index in [0.717, 1.165) is 28.5 Å². The van der Waals surface area contributed by atoms with Crippen molar-refractivity contribution in [2.45, 2.75) is 33.7 Å². The topological polar surface area (TPSA) is 83.6 Å². The summed E-state index contributed by atoms with van der Waals surface area (Å²) in [4.78, 5) is 20.4. The van der Waals surface area contributed by atoms with E-state index in [2.05, 4.69) is 25.5 Å². The summed E-state index contributed by atoms with van der Waals surface area (Å²) in [5.74, 6) is 0.700. The molecule has 0 spiro atoms. The third kappa shape index (κ3) is 3.37. The highest BCUT2D eigenvalue weighted by atomic mass is 16.1. The molecule has 2 rings (SSSR count). The van der Waals surface area contributed by atoms with E-state index >= 15 is 0 Å². The lowest BCUT2D eigenvalue weighted by Gasteiger charge is -2.10. The first kappa shape index (κ1) is 13.2. The highest BCUT2D eigenvalue weighted by Crippen LogP contribution is 2.09. The SMILES string of the molecule is Cc1nc(C)c(CNC(=O)Cc2ccn[nH]2)c(C)n1. The van der Waals surface area contributed by atoms with Crippen LogP contribution in [0, 0.1) is 20.8 Å². The summed E-state index contributed by atoms with van der Waals surface area (Å²) in [7, 11) is 0. The molecular weight excluding hydrogens is 242 g/mol. The van der Waals surface area contributed by atoms with Gasteiger partial charge >= 0.3 is 0 Å². The van der Waals surface area contributed by atoms with Crippen molar-refractivity contribution in [1.82, 2.24) is 25.5 Å². The highest BCUT2D eigenvalue weighted by Gasteiger charge is 2.09. The molecule has 0 saturated heterocycles. The number of rotatable bonds is 4. The molecule has 0 aliphatic rings. The van der Waals surface area contributed by atoms with Crippen molar-refractivity contribution < 1.29 is 4.79 Å². The molecule has 0 aromatic carbocycles. The number of aryl methyl sites for hydroxylation is 3. The molecule has 6 heteroatoms. The second-order valence-electron chi connectivity index (χ2n) is 4.46. The third-order valence-corrected chi connectivity index (χ3v) is 2.90. The van der Waals surface area contributed by atoms with Gasteiger partial charge in [-0.15, -0.1) is 0 Å². The van der Waals surface area contributed by atoms with Gasteiger partial charge in [-0.25, -0.2) is 9.97 Å². The Morgan fingerprint density at radius 1 is 1.26 bits per heavy atom. The minimum Gasteiger partial charge on any atom is -0.352 e. The second-order valence-corrected chi connectivity index (χ2v) is 4.46. The van der Waals surface area contributed by atoms with Crippen molar-refractivity contribution in [3.8, 4) is 0 Å². The molecule has 6 nitrogen and oxygen atoms in total. The van der Waals surface area contributed by atoms with Gasteiger partial charge in [-0.05, 0) is 26.8 Å². The van der Waals surface area contributed by atoms with E-state index in [4.69, 9.17) is 0 Å². The minimum atomic E-state index is -0.0522. The van der Waals surface area contributed by atoms with E-state index in [-0.39, 0.29) is 5.91 Å². The van der Waals surface area contributed by atoms with Gasteiger partial charge in [0, 0.05) is 35.4 Å². The number of nitrogens with one attached hydrogen (secondary N) is 2. The average molecular weight is 259 g/mol. The Hall–Kier alpha value is -2.24. The summed E-state index contributed by atoms with van der Waals surface area (Å²) in [5, 5.41) is 9.44. The molecule has 0 fully saturated rings. The zero-order valence-electron chi connectivity index (χ0n) is 11.3. The van der Waals surface area contributed by atoms with Gasteiger partial charge in [0.2, 0.25) is 5.91 Å². The molecule has 1 amide bonds. The fraction of sp³-hybridized carbons (Fsp3) is 0.385. The van der Waals surface area contributed by atoms with Gasteiger partial charge in [-0.3, -0.25) is 9.89 Å². The lowest BCUT2D eigenvalue weighted by molar-refractivity contribution is -0.120. The number of nitrogens with zero attached hydrogens (tertiary/aromatic N) is 3. The van der Waals surface area contributed by atoms with Crippen LogP contribution in [0.5, 0.6) is 0 Å². The number of carbonyl (C=O) groups excluding carboxylic acids is 1. The summed E-state index contributed by atoms with van der Waals surface area (Å²) >= 11 is 0. The molecule has 0 aliphatic carbocycles. The number of hydrogen-bond acceptors (Lipinski definition) is 4. The van der Waals surface area contributed by atoms with Crippen LogP contribution in [0.4, 0.5) is 0 Å². The second kappa shape index (κ2) is 5.60. The summed E-state index contributed by atoms with van der Waals surface area (Å²) in [5.41, 5.74) is 3.59. The number of amides is 1. The molecule has 0 atom stereocenters. The maximum atomic E-state index is 11.8. The van der Waals surface area contributed by atoms with Crippen LogP contribution in [0.1, 0.15) is 28.5 Å². The molecule has 2 N–H and O–H groups in total. The Bertz CT molecular complexity index is 554. The zero-order chi connectivity index (χ0) is 13.8. The molecule has 100 valence electrons. The van der Waals surface area contributed by atoms with Crippen LogP contribution in [-0.2, 0) is 17.8 Å². The Balaban J connectivity index is 1.97. The molecule has 0 unspecified atom stereocenters. The Morgan fingerprint density at radius 3 is 2.53 bits per heavy atom. The van der Waals surface area contributed by atoms with Crippen molar-refractivity contribution in [2.24, 2.45) is 0 Å². The monoisotopic (exact) mass is 259 g/mol. The first-order valence-electron chi connectivity index (χ1n) is 6.12. The standard InChI is InChI=1S/C13H17N5O/c1-8-12(9(2)17-10(3)16-8)7-14-13(19)6-11-4-5-15-18-11/h4-5H,6-7H2,1-3H3,(H,14,19)(H,15,18). The fourth-order valence-corrected chi connectivity index (χ4v) is 1.97. The predicted octanol–water partition coefficient (Wildman–Crippen LogP) is 0.984. The normalized spacial score (nSPS) is 10.5. The number of H-pyrrole nitrogens is 1. The lowest BCUT2D eigenvalue weighted by Crippen LogP contribution is -2.26. The van der Waals surface area contributed by atoms with Crippen molar-refractivity contribution in [2.75, 3.05) is 0 Å². The van der Waals surface area contributed by atoms with Crippen molar-refractivity contribution >= 4 is 5.91 Å². The molecule has 19 heavy (non-hydrogen) atoms. The van der Waals surface area contributed by atoms with Gasteiger partial charge in [0.1, 0.15) is 5.82 Å². The Labute approximate surface area is 111 Å². The van der Waals surface area contributed by atoms with Gasteiger partial charge in [-0.2, -0.15) is 5.10 Å². The number of hydrogen-bond donors (Lipinski definition) is 2. The molecule has 0 bridgehead atoms. The summed E-state index contributed by atoms with van der Waals surface area (Å²) < 4.78 is 0. The number of aromatic amines is 1. The van der Waals surface area contributed by atoms with Crippen LogP contribution in [0.2, 0.25) is 0 Å². The third-order valence-electron chi connectivity index (χ3n) is 2.90. The van der Waals surface area contributed by atoms with Gasteiger partial charge < -0.3 is 5.32 Å². The maximum Gasteiger partial charge on any atom is 0.226 e. The molecule has 0 aliphatic heterocycles. The number of aromatic nitrogens is 4. The molecule has 2 heterocycles. The fourth-order valence-electron chi connectivity index (χ4n) is 1.97. The molecule has 2 aromatic rings. The van der Waals surface area contributed by atoms with E-state index in [1.165, 1.54) is 0 Å². The average Bonchev–Trinajstić information content (AvgIpc) is 2.80. The van der Waals surface area contributed by atoms with E-state index in [1.807, 2.05) is 20.8 Å². The van der Waals surface area contributed by atoms with Gasteiger partial charge in [0.25, 0.3) is 0 Å². The van der Waals surface area contributed by atoms with Crippen LogP contribution in [0.3, 0.4) is 0 Å². The smallest absolute Gasteiger partial charge is 0.226 e. The predicted molar refractivity (Wildman–Crippen MR) is 70.4 cm³/mol. The van der Waals surface area contributed by atoms with Crippen molar-refractivity contribution in [3.63, 3.8) is 0 Å². The quantitative estimate of drug-likeness (QED) is 0.857. The lowest BCUT2D eigenvalue weighted by atomic mass is 10.1. The zero-order valence-corrected chi connectivity index (χ0v) is 11.3. The van der Waals surface area contributed by atoms with Crippen molar-refractivity contribution in [1.29, 1.82) is 0 Å². The first-order valence-corrected chi connectivity index (χ1v) is 6.12. The maximum absolute atomic E-state index is 11.8. The summed E-state index contributed by atoms with van der Waals surface area (Å²) in [6, 6.07) is 1.78. The van der Waals surface area contributed by atoms with Crippen LogP contribution >= 0.6 is 0 Å². The molecule has 2 aromatic heterocycles.